The lowest BCUT2D eigenvalue weighted by Gasteiger charge is -2.33. The molecule has 1 amide bonds. The summed E-state index contributed by atoms with van der Waals surface area (Å²) in [6, 6.07) is 0. The Labute approximate surface area is 128 Å². The van der Waals surface area contributed by atoms with E-state index in [1.165, 1.54) is 32.1 Å². The highest BCUT2D eigenvalue weighted by atomic mass is 16.5. The summed E-state index contributed by atoms with van der Waals surface area (Å²) < 4.78 is 5.27. The lowest BCUT2D eigenvalue weighted by atomic mass is 9.81. The Hall–Kier alpha value is -0.610. The topological polar surface area (TPSA) is 58.6 Å². The Morgan fingerprint density at radius 2 is 1.95 bits per heavy atom. The molecule has 4 nitrogen and oxygen atoms in total. The number of carbonyl (C=O) groups is 1. The van der Waals surface area contributed by atoms with E-state index in [2.05, 4.69) is 12.2 Å². The Bertz CT molecular complexity index is 320. The van der Waals surface area contributed by atoms with Gasteiger partial charge in [0.1, 0.15) is 0 Å². The Morgan fingerprint density at radius 3 is 2.57 bits per heavy atom. The normalized spacial score (nSPS) is 24.5. The number of hydrogen-bond acceptors (Lipinski definition) is 3. The fourth-order valence-corrected chi connectivity index (χ4v) is 3.61. The van der Waals surface area contributed by atoms with Gasteiger partial charge in [0.25, 0.3) is 0 Å². The van der Waals surface area contributed by atoms with Crippen LogP contribution < -0.4 is 5.32 Å². The molecule has 1 unspecified atom stereocenters. The molecule has 4 heteroatoms. The lowest BCUT2D eigenvalue weighted by Crippen LogP contribution is -2.48. The first-order valence-corrected chi connectivity index (χ1v) is 8.71. The van der Waals surface area contributed by atoms with Crippen LogP contribution >= 0.6 is 0 Å². The van der Waals surface area contributed by atoms with Gasteiger partial charge in [0.2, 0.25) is 5.91 Å². The summed E-state index contributed by atoms with van der Waals surface area (Å²) in [6.07, 6.45) is 9.71. The van der Waals surface area contributed by atoms with E-state index in [-0.39, 0.29) is 11.8 Å². The van der Waals surface area contributed by atoms with Crippen molar-refractivity contribution in [3.8, 4) is 0 Å². The number of amides is 1. The number of aliphatic hydroxyl groups is 1. The highest BCUT2D eigenvalue weighted by molar-refractivity contribution is 5.78. The van der Waals surface area contributed by atoms with E-state index >= 15 is 0 Å². The van der Waals surface area contributed by atoms with Gasteiger partial charge < -0.3 is 15.2 Å². The second-order valence-electron chi connectivity index (χ2n) is 6.90. The first kappa shape index (κ1) is 16.8. The van der Waals surface area contributed by atoms with Gasteiger partial charge in [-0.25, -0.2) is 0 Å². The van der Waals surface area contributed by atoms with Crippen LogP contribution in [0.2, 0.25) is 0 Å². The molecule has 0 aromatic rings. The molecule has 1 atom stereocenters. The van der Waals surface area contributed by atoms with E-state index in [9.17, 15) is 9.90 Å². The van der Waals surface area contributed by atoms with Crippen molar-refractivity contribution < 1.29 is 14.6 Å². The van der Waals surface area contributed by atoms with Crippen molar-refractivity contribution in [3.05, 3.63) is 0 Å². The van der Waals surface area contributed by atoms with E-state index in [0.29, 0.717) is 32.6 Å². The maximum atomic E-state index is 12.4. The third-order valence-electron chi connectivity index (χ3n) is 5.22. The lowest BCUT2D eigenvalue weighted by molar-refractivity contribution is -0.128. The van der Waals surface area contributed by atoms with Crippen LogP contribution in [0, 0.1) is 11.8 Å². The van der Waals surface area contributed by atoms with E-state index in [0.717, 1.165) is 18.8 Å². The van der Waals surface area contributed by atoms with Gasteiger partial charge in [-0.2, -0.15) is 0 Å². The number of nitrogens with one attached hydrogen (secondary N) is 1. The average molecular weight is 297 g/mol. The minimum atomic E-state index is -0.767. The first-order valence-electron chi connectivity index (χ1n) is 8.71. The monoisotopic (exact) mass is 297 g/mol. The van der Waals surface area contributed by atoms with Crippen molar-refractivity contribution >= 4 is 5.91 Å². The van der Waals surface area contributed by atoms with Crippen LogP contribution in [-0.2, 0) is 9.53 Å². The quantitative estimate of drug-likeness (QED) is 0.792. The smallest absolute Gasteiger partial charge is 0.223 e. The molecule has 0 radical (unpaired) electrons. The molecule has 0 bridgehead atoms. The maximum absolute atomic E-state index is 12.4. The van der Waals surface area contributed by atoms with Crippen LogP contribution in [-0.4, -0.2) is 36.4 Å². The maximum Gasteiger partial charge on any atom is 0.223 e. The second kappa shape index (κ2) is 8.14. The molecule has 21 heavy (non-hydrogen) atoms. The highest BCUT2D eigenvalue weighted by Crippen LogP contribution is 2.30. The first-order chi connectivity index (χ1) is 10.1. The molecule has 1 heterocycles. The zero-order chi connectivity index (χ0) is 15.1. The van der Waals surface area contributed by atoms with Gasteiger partial charge in [0, 0.05) is 38.5 Å². The van der Waals surface area contributed by atoms with E-state index < -0.39 is 5.60 Å². The van der Waals surface area contributed by atoms with E-state index in [1.54, 1.807) is 0 Å². The molecule has 0 aromatic carbocycles. The Morgan fingerprint density at radius 1 is 1.29 bits per heavy atom. The molecular formula is C17H31NO3. The minimum Gasteiger partial charge on any atom is -0.388 e. The zero-order valence-corrected chi connectivity index (χ0v) is 13.4. The van der Waals surface area contributed by atoms with Gasteiger partial charge in [-0.15, -0.1) is 0 Å². The highest BCUT2D eigenvalue weighted by Gasteiger charge is 2.31. The van der Waals surface area contributed by atoms with Crippen molar-refractivity contribution in [2.24, 2.45) is 11.8 Å². The molecular weight excluding hydrogens is 266 g/mol. The second-order valence-corrected chi connectivity index (χ2v) is 6.90. The molecule has 0 spiro atoms. The summed E-state index contributed by atoms with van der Waals surface area (Å²) in [5.74, 6) is 0.958. The third-order valence-corrected chi connectivity index (χ3v) is 5.22. The number of ether oxygens (including phenoxy) is 1. The van der Waals surface area contributed by atoms with Crippen molar-refractivity contribution in [1.29, 1.82) is 0 Å². The molecule has 2 rings (SSSR count). The fourth-order valence-electron chi connectivity index (χ4n) is 3.61. The summed E-state index contributed by atoms with van der Waals surface area (Å²) >= 11 is 0. The van der Waals surface area contributed by atoms with Crippen LogP contribution in [0.15, 0.2) is 0 Å². The van der Waals surface area contributed by atoms with E-state index in [1.807, 2.05) is 0 Å². The van der Waals surface area contributed by atoms with Crippen molar-refractivity contribution in [1.82, 2.24) is 5.32 Å². The number of hydrogen-bond donors (Lipinski definition) is 2. The predicted octanol–water partition coefficient (Wildman–Crippen LogP) is 2.64. The fraction of sp³-hybridized carbons (Fsp3) is 0.941. The Kier molecular flexibility index (Phi) is 6.49. The molecule has 2 fully saturated rings. The Balaban J connectivity index is 1.76. The summed E-state index contributed by atoms with van der Waals surface area (Å²) in [5.41, 5.74) is -0.767. The predicted molar refractivity (Wildman–Crippen MR) is 83.0 cm³/mol. The van der Waals surface area contributed by atoms with Crippen molar-refractivity contribution in [2.45, 2.75) is 70.3 Å². The average Bonchev–Trinajstić information content (AvgIpc) is 2.52. The number of carbonyl (C=O) groups excluding carboxylic acids is 1. The van der Waals surface area contributed by atoms with Gasteiger partial charge in [-0.3, -0.25) is 4.79 Å². The zero-order valence-electron chi connectivity index (χ0n) is 13.4. The standard InChI is InChI=1S/C17H31NO3/c1-2-15(12-14-6-4-3-5-7-14)16(19)18-13-17(20)8-10-21-11-9-17/h14-15,20H,2-13H2,1H3,(H,18,19). The minimum absolute atomic E-state index is 0.108. The summed E-state index contributed by atoms with van der Waals surface area (Å²) in [5, 5.41) is 13.4. The molecule has 2 N–H and O–H groups in total. The molecule has 122 valence electrons. The van der Waals surface area contributed by atoms with Gasteiger partial charge in [0.05, 0.1) is 5.60 Å². The molecule has 1 saturated carbocycles. The van der Waals surface area contributed by atoms with Crippen LogP contribution in [0.4, 0.5) is 0 Å². The van der Waals surface area contributed by atoms with Crippen molar-refractivity contribution in [3.63, 3.8) is 0 Å². The van der Waals surface area contributed by atoms with Crippen LogP contribution in [0.25, 0.3) is 0 Å². The summed E-state index contributed by atoms with van der Waals surface area (Å²) in [4.78, 5) is 12.4. The molecule has 1 saturated heterocycles. The summed E-state index contributed by atoms with van der Waals surface area (Å²) in [6.45, 7) is 3.64. The van der Waals surface area contributed by atoms with Gasteiger partial charge >= 0.3 is 0 Å². The van der Waals surface area contributed by atoms with Crippen LogP contribution in [0.3, 0.4) is 0 Å². The van der Waals surface area contributed by atoms with Gasteiger partial charge in [-0.05, 0) is 18.8 Å². The van der Waals surface area contributed by atoms with Gasteiger partial charge in [-0.1, -0.05) is 39.0 Å². The third kappa shape index (κ3) is 5.26. The van der Waals surface area contributed by atoms with Crippen LogP contribution in [0.1, 0.15) is 64.7 Å². The van der Waals surface area contributed by atoms with Gasteiger partial charge in [0.15, 0.2) is 0 Å². The molecule has 1 aliphatic heterocycles. The molecule has 1 aliphatic carbocycles. The van der Waals surface area contributed by atoms with E-state index in [4.69, 9.17) is 4.74 Å². The summed E-state index contributed by atoms with van der Waals surface area (Å²) in [7, 11) is 0. The molecule has 2 aliphatic rings. The van der Waals surface area contributed by atoms with Crippen molar-refractivity contribution in [2.75, 3.05) is 19.8 Å². The number of rotatable bonds is 6. The largest absolute Gasteiger partial charge is 0.388 e. The van der Waals surface area contributed by atoms with Crippen LogP contribution in [0.5, 0.6) is 0 Å². The SMILES string of the molecule is CCC(CC1CCCCC1)C(=O)NCC1(O)CCOCC1. The molecule has 0 aromatic heterocycles.